The van der Waals surface area contributed by atoms with Crippen LogP contribution in [0.3, 0.4) is 0 Å². The third kappa shape index (κ3) is 9.46. The molecule has 0 radical (unpaired) electrons. The predicted octanol–water partition coefficient (Wildman–Crippen LogP) is 9.00. The van der Waals surface area contributed by atoms with E-state index >= 15 is 0 Å². The van der Waals surface area contributed by atoms with Crippen LogP contribution in [-0.2, 0) is 6.42 Å². The minimum atomic E-state index is -0.0167. The molecule has 0 amide bonds. The van der Waals surface area contributed by atoms with E-state index in [-0.39, 0.29) is 5.60 Å². The molecular weight excluding hydrogens is 380 g/mol. The maximum absolute atomic E-state index is 6.50. The van der Waals surface area contributed by atoms with Gasteiger partial charge < -0.3 is 9.47 Å². The van der Waals surface area contributed by atoms with Crippen LogP contribution in [0.4, 0.5) is 0 Å². The number of hydrogen-bond acceptors (Lipinski definition) is 2. The number of rotatable bonds is 14. The molecule has 1 heterocycles. The molecule has 178 valence electrons. The van der Waals surface area contributed by atoms with Crippen molar-refractivity contribution in [2.24, 2.45) is 17.3 Å². The van der Waals surface area contributed by atoms with E-state index < -0.39 is 0 Å². The van der Waals surface area contributed by atoms with E-state index in [9.17, 15) is 0 Å². The molecule has 1 aliphatic heterocycles. The first-order valence-corrected chi connectivity index (χ1v) is 13.1. The molecule has 0 bridgehead atoms. The first-order valence-electron chi connectivity index (χ1n) is 13.1. The lowest BCUT2D eigenvalue weighted by Crippen LogP contribution is -2.36. The van der Waals surface area contributed by atoms with Gasteiger partial charge in [0, 0.05) is 0 Å². The van der Waals surface area contributed by atoms with Gasteiger partial charge in [-0.2, -0.15) is 0 Å². The Morgan fingerprint density at radius 2 is 1.81 bits per heavy atom. The van der Waals surface area contributed by atoms with Crippen molar-refractivity contribution in [3.8, 4) is 11.5 Å². The van der Waals surface area contributed by atoms with Crippen molar-refractivity contribution in [1.82, 2.24) is 0 Å². The van der Waals surface area contributed by atoms with Gasteiger partial charge in [0.05, 0.1) is 6.61 Å². The second-order valence-corrected chi connectivity index (χ2v) is 11.7. The van der Waals surface area contributed by atoms with Crippen molar-refractivity contribution in [3.05, 3.63) is 23.8 Å². The Morgan fingerprint density at radius 1 is 1.06 bits per heavy atom. The van der Waals surface area contributed by atoms with E-state index in [1.165, 1.54) is 50.5 Å². The molecule has 0 aliphatic carbocycles. The normalized spacial score (nSPS) is 19.7. The highest BCUT2D eigenvalue weighted by molar-refractivity contribution is 5.42. The fraction of sp³-hybridized carbons (Fsp3) is 0.793. The average Bonchev–Trinajstić information content (AvgIpc) is 2.67. The summed E-state index contributed by atoms with van der Waals surface area (Å²) in [5.74, 6) is 3.73. The summed E-state index contributed by atoms with van der Waals surface area (Å²) in [5, 5.41) is 0. The summed E-state index contributed by atoms with van der Waals surface area (Å²) in [6.07, 6.45) is 13.6. The summed E-state index contributed by atoms with van der Waals surface area (Å²) in [7, 11) is 0. The van der Waals surface area contributed by atoms with Gasteiger partial charge >= 0.3 is 0 Å². The zero-order chi connectivity index (χ0) is 22.9. The lowest BCUT2D eigenvalue weighted by molar-refractivity contribution is 0.0522. The van der Waals surface area contributed by atoms with Crippen LogP contribution in [0.1, 0.15) is 118 Å². The number of aryl methyl sites for hydroxylation is 1. The van der Waals surface area contributed by atoms with Crippen molar-refractivity contribution in [2.45, 2.75) is 125 Å². The van der Waals surface area contributed by atoms with E-state index in [1.54, 1.807) is 0 Å². The molecule has 2 atom stereocenters. The Morgan fingerprint density at radius 3 is 2.52 bits per heavy atom. The minimum absolute atomic E-state index is 0.0167. The van der Waals surface area contributed by atoms with E-state index in [1.807, 2.05) is 0 Å². The third-order valence-corrected chi connectivity index (χ3v) is 7.17. The van der Waals surface area contributed by atoms with Crippen molar-refractivity contribution in [2.75, 3.05) is 6.61 Å². The topological polar surface area (TPSA) is 18.5 Å². The predicted molar refractivity (Wildman–Crippen MR) is 134 cm³/mol. The number of fused-ring (bicyclic) bond motifs is 1. The monoisotopic (exact) mass is 430 g/mol. The van der Waals surface area contributed by atoms with Crippen LogP contribution in [0.15, 0.2) is 18.2 Å². The highest BCUT2D eigenvalue weighted by Gasteiger charge is 2.31. The second-order valence-electron chi connectivity index (χ2n) is 11.7. The molecule has 0 saturated carbocycles. The van der Waals surface area contributed by atoms with Gasteiger partial charge in [0.2, 0.25) is 0 Å². The van der Waals surface area contributed by atoms with Crippen LogP contribution in [0.25, 0.3) is 0 Å². The Hall–Kier alpha value is -1.18. The lowest BCUT2D eigenvalue weighted by atomic mass is 9.85. The minimum Gasteiger partial charge on any atom is -0.494 e. The van der Waals surface area contributed by atoms with Crippen molar-refractivity contribution in [1.29, 1.82) is 0 Å². The quantitative estimate of drug-likeness (QED) is 0.293. The Labute approximate surface area is 193 Å². The SMILES string of the molecule is CCCC(C)(C)CCOc1ccc2c(c1)CCC(C)(CCCC(C)CCCC(C)C)O2. The molecule has 0 aromatic heterocycles. The molecule has 2 heteroatoms. The number of hydrogen-bond donors (Lipinski definition) is 0. The standard InChI is InChI=1S/C29H50O2/c1-8-17-28(5,6)20-21-30-26-14-15-27-25(22-26)16-19-29(7,31-27)18-10-13-24(4)12-9-11-23(2)3/h14-15,22-24H,8-13,16-21H2,1-7H3. The summed E-state index contributed by atoms with van der Waals surface area (Å²) < 4.78 is 12.6. The van der Waals surface area contributed by atoms with E-state index in [4.69, 9.17) is 9.47 Å². The highest BCUT2D eigenvalue weighted by atomic mass is 16.5. The number of benzene rings is 1. The molecule has 2 rings (SSSR count). The van der Waals surface area contributed by atoms with Gasteiger partial charge in [0.1, 0.15) is 17.1 Å². The van der Waals surface area contributed by atoms with Crippen LogP contribution in [0.2, 0.25) is 0 Å². The van der Waals surface area contributed by atoms with Gasteiger partial charge in [0.25, 0.3) is 0 Å². The highest BCUT2D eigenvalue weighted by Crippen LogP contribution is 2.38. The van der Waals surface area contributed by atoms with Gasteiger partial charge in [-0.3, -0.25) is 0 Å². The first kappa shape index (κ1) is 26.1. The zero-order valence-electron chi connectivity index (χ0n) is 21.7. The third-order valence-electron chi connectivity index (χ3n) is 7.17. The van der Waals surface area contributed by atoms with Crippen LogP contribution in [0, 0.1) is 17.3 Å². The molecule has 1 aromatic rings. The van der Waals surface area contributed by atoms with Crippen molar-refractivity contribution >= 4 is 0 Å². The first-order chi connectivity index (χ1) is 14.6. The summed E-state index contributed by atoms with van der Waals surface area (Å²) in [4.78, 5) is 0. The van der Waals surface area contributed by atoms with Crippen LogP contribution in [-0.4, -0.2) is 12.2 Å². The molecule has 1 aromatic carbocycles. The zero-order valence-corrected chi connectivity index (χ0v) is 21.7. The van der Waals surface area contributed by atoms with Crippen molar-refractivity contribution < 1.29 is 9.47 Å². The molecule has 1 aliphatic rings. The largest absolute Gasteiger partial charge is 0.494 e. The van der Waals surface area contributed by atoms with Gasteiger partial charge in [-0.05, 0) is 86.5 Å². The van der Waals surface area contributed by atoms with Gasteiger partial charge in [-0.15, -0.1) is 0 Å². The van der Waals surface area contributed by atoms with E-state index in [0.29, 0.717) is 5.41 Å². The molecule has 2 unspecified atom stereocenters. The smallest absolute Gasteiger partial charge is 0.123 e. The molecule has 0 fully saturated rings. The average molecular weight is 431 g/mol. The molecule has 0 saturated heterocycles. The maximum atomic E-state index is 6.50. The summed E-state index contributed by atoms with van der Waals surface area (Å²) in [6.45, 7) is 17.1. The summed E-state index contributed by atoms with van der Waals surface area (Å²) in [6, 6.07) is 6.43. The molecular formula is C29H50O2. The molecule has 2 nitrogen and oxygen atoms in total. The van der Waals surface area contributed by atoms with E-state index in [0.717, 1.165) is 55.6 Å². The second kappa shape index (κ2) is 12.2. The molecule has 0 spiro atoms. The van der Waals surface area contributed by atoms with Gasteiger partial charge in [-0.25, -0.2) is 0 Å². The van der Waals surface area contributed by atoms with Crippen LogP contribution >= 0.6 is 0 Å². The van der Waals surface area contributed by atoms with E-state index in [2.05, 4.69) is 66.7 Å². The Balaban J connectivity index is 1.77. The Kier molecular flexibility index (Phi) is 10.2. The molecule has 31 heavy (non-hydrogen) atoms. The van der Waals surface area contributed by atoms with Crippen LogP contribution < -0.4 is 9.47 Å². The Bertz CT molecular complexity index is 648. The lowest BCUT2D eigenvalue weighted by Gasteiger charge is -2.36. The molecule has 0 N–H and O–H groups in total. The van der Waals surface area contributed by atoms with Gasteiger partial charge in [0.15, 0.2) is 0 Å². The fourth-order valence-electron chi connectivity index (χ4n) is 4.92. The van der Waals surface area contributed by atoms with Crippen LogP contribution in [0.5, 0.6) is 11.5 Å². The summed E-state index contributed by atoms with van der Waals surface area (Å²) in [5.41, 5.74) is 1.65. The summed E-state index contributed by atoms with van der Waals surface area (Å²) >= 11 is 0. The maximum Gasteiger partial charge on any atom is 0.123 e. The van der Waals surface area contributed by atoms with Gasteiger partial charge in [-0.1, -0.05) is 73.6 Å². The number of ether oxygens (including phenoxy) is 2. The fourth-order valence-corrected chi connectivity index (χ4v) is 4.92. The van der Waals surface area contributed by atoms with Crippen molar-refractivity contribution in [3.63, 3.8) is 0 Å².